The molecule has 0 radical (unpaired) electrons. The van der Waals surface area contributed by atoms with Crippen LogP contribution >= 0.6 is 0 Å². The van der Waals surface area contributed by atoms with Crippen molar-refractivity contribution in [3.8, 4) is 0 Å². The van der Waals surface area contributed by atoms with Gasteiger partial charge in [-0.2, -0.15) is 13.2 Å². The van der Waals surface area contributed by atoms with Gasteiger partial charge in [0.25, 0.3) is 0 Å². The highest BCUT2D eigenvalue weighted by Gasteiger charge is 2.44. The number of hydrogen-bond acceptors (Lipinski definition) is 2. The van der Waals surface area contributed by atoms with Crippen molar-refractivity contribution in [3.63, 3.8) is 0 Å². The number of fused-ring (bicyclic) bond motifs is 1. The Bertz CT molecular complexity index is 976. The van der Waals surface area contributed by atoms with Crippen LogP contribution in [0, 0.1) is 23.6 Å². The SMILES string of the molecule is CC(C)C(C(=O)N[C@H]1CC[C@@H]2CN(Cc3ccc(C(F)(F)F)c(F)c3)C[C@@H]21)c1ccccc1. The fourth-order valence-corrected chi connectivity index (χ4v) is 5.58. The number of amides is 1. The number of hydrogen-bond donors (Lipinski definition) is 1. The summed E-state index contributed by atoms with van der Waals surface area (Å²) < 4.78 is 52.4. The van der Waals surface area contributed by atoms with Crippen molar-refractivity contribution in [1.82, 2.24) is 10.2 Å². The molecule has 2 aromatic carbocycles. The first kappa shape index (κ1) is 23.7. The molecule has 7 heteroatoms. The second-order valence-corrected chi connectivity index (χ2v) is 9.75. The smallest absolute Gasteiger partial charge is 0.352 e. The van der Waals surface area contributed by atoms with Crippen LogP contribution < -0.4 is 5.32 Å². The highest BCUT2D eigenvalue weighted by Crippen LogP contribution is 2.39. The summed E-state index contributed by atoms with van der Waals surface area (Å²) in [5.41, 5.74) is 0.312. The minimum Gasteiger partial charge on any atom is -0.352 e. The van der Waals surface area contributed by atoms with Gasteiger partial charge >= 0.3 is 6.18 Å². The van der Waals surface area contributed by atoms with E-state index < -0.39 is 17.6 Å². The summed E-state index contributed by atoms with van der Waals surface area (Å²) in [6.45, 7) is 6.06. The minimum absolute atomic E-state index is 0.0464. The number of carbonyl (C=O) groups excluding carboxylic acids is 1. The van der Waals surface area contributed by atoms with Crippen LogP contribution in [0.1, 0.15) is 49.3 Å². The molecule has 4 atom stereocenters. The third-order valence-corrected chi connectivity index (χ3v) is 7.11. The Kier molecular flexibility index (Phi) is 6.80. The first-order valence-corrected chi connectivity index (χ1v) is 11.6. The number of halogens is 4. The third-order valence-electron chi connectivity index (χ3n) is 7.11. The molecule has 1 amide bonds. The zero-order valence-corrected chi connectivity index (χ0v) is 18.9. The topological polar surface area (TPSA) is 32.3 Å². The fourth-order valence-electron chi connectivity index (χ4n) is 5.58. The average Bonchev–Trinajstić information content (AvgIpc) is 3.29. The first-order valence-electron chi connectivity index (χ1n) is 11.6. The van der Waals surface area contributed by atoms with E-state index in [4.69, 9.17) is 0 Å². The molecule has 1 unspecified atom stereocenters. The van der Waals surface area contributed by atoms with E-state index in [1.807, 2.05) is 30.3 Å². The molecular weight excluding hydrogens is 432 g/mol. The molecule has 4 rings (SSSR count). The standard InChI is InChI=1S/C26H30F4N2O/c1-16(2)24(18-6-4-3-5-7-18)25(33)31-23-11-9-19-14-32(15-20(19)23)13-17-8-10-21(22(27)12-17)26(28,29)30/h3-8,10,12,16,19-20,23-24H,9,11,13-15H2,1-2H3,(H,31,33)/t19-,20+,23+,24?/m1/s1. The number of carbonyl (C=O) groups is 1. The molecule has 33 heavy (non-hydrogen) atoms. The summed E-state index contributed by atoms with van der Waals surface area (Å²) in [7, 11) is 0. The van der Waals surface area contributed by atoms with Gasteiger partial charge in [0.05, 0.1) is 11.5 Å². The van der Waals surface area contributed by atoms with E-state index in [2.05, 4.69) is 24.1 Å². The van der Waals surface area contributed by atoms with Crippen molar-refractivity contribution in [2.24, 2.45) is 17.8 Å². The van der Waals surface area contributed by atoms with Crippen molar-refractivity contribution >= 4 is 5.91 Å². The number of rotatable bonds is 6. The zero-order valence-electron chi connectivity index (χ0n) is 18.9. The molecular formula is C26H30F4N2O. The number of nitrogens with one attached hydrogen (secondary N) is 1. The molecule has 2 aliphatic rings. The van der Waals surface area contributed by atoms with E-state index in [9.17, 15) is 22.4 Å². The molecule has 0 aromatic heterocycles. The van der Waals surface area contributed by atoms with Crippen molar-refractivity contribution in [3.05, 3.63) is 71.0 Å². The fraction of sp³-hybridized carbons (Fsp3) is 0.500. The van der Waals surface area contributed by atoms with E-state index in [1.54, 1.807) is 0 Å². The van der Waals surface area contributed by atoms with Gasteiger partial charge in [0.2, 0.25) is 5.91 Å². The van der Waals surface area contributed by atoms with E-state index in [0.29, 0.717) is 23.9 Å². The van der Waals surface area contributed by atoms with Crippen LogP contribution in [0.15, 0.2) is 48.5 Å². The van der Waals surface area contributed by atoms with Crippen molar-refractivity contribution in [2.75, 3.05) is 13.1 Å². The van der Waals surface area contributed by atoms with E-state index in [1.165, 1.54) is 6.07 Å². The normalized spacial score (nSPS) is 24.2. The number of benzene rings is 2. The van der Waals surface area contributed by atoms with Crippen LogP contribution in [0.3, 0.4) is 0 Å². The monoisotopic (exact) mass is 462 g/mol. The molecule has 3 nitrogen and oxygen atoms in total. The Hall–Kier alpha value is -2.41. The molecule has 0 spiro atoms. The summed E-state index contributed by atoms with van der Waals surface area (Å²) in [5.74, 6) is -0.493. The quantitative estimate of drug-likeness (QED) is 0.566. The molecule has 2 fully saturated rings. The van der Waals surface area contributed by atoms with Crippen LogP contribution in [-0.2, 0) is 17.5 Å². The van der Waals surface area contributed by atoms with Gasteiger partial charge in [-0.05, 0) is 53.9 Å². The highest BCUT2D eigenvalue weighted by molar-refractivity contribution is 5.84. The first-order chi connectivity index (χ1) is 15.6. The second kappa shape index (κ2) is 9.45. The number of alkyl halides is 3. The Morgan fingerprint density at radius 1 is 1.09 bits per heavy atom. The molecule has 1 heterocycles. The lowest BCUT2D eigenvalue weighted by molar-refractivity contribution is -0.140. The highest BCUT2D eigenvalue weighted by atomic mass is 19.4. The molecule has 1 saturated heterocycles. The van der Waals surface area contributed by atoms with Crippen LogP contribution in [0.2, 0.25) is 0 Å². The predicted octanol–water partition coefficient (Wildman–Crippen LogP) is 5.61. The van der Waals surface area contributed by atoms with Crippen molar-refractivity contribution < 1.29 is 22.4 Å². The third kappa shape index (κ3) is 5.24. The van der Waals surface area contributed by atoms with Crippen LogP contribution in [0.4, 0.5) is 17.6 Å². The molecule has 1 N–H and O–H groups in total. The Morgan fingerprint density at radius 2 is 1.82 bits per heavy atom. The van der Waals surface area contributed by atoms with Crippen molar-refractivity contribution in [2.45, 2.75) is 51.4 Å². The van der Waals surface area contributed by atoms with Gasteiger partial charge in [-0.25, -0.2) is 4.39 Å². The van der Waals surface area contributed by atoms with Gasteiger partial charge in [0.1, 0.15) is 5.82 Å². The largest absolute Gasteiger partial charge is 0.419 e. The Labute approximate surface area is 192 Å². The van der Waals surface area contributed by atoms with Gasteiger partial charge < -0.3 is 5.32 Å². The maximum Gasteiger partial charge on any atom is 0.419 e. The van der Waals surface area contributed by atoms with Crippen molar-refractivity contribution in [1.29, 1.82) is 0 Å². The molecule has 1 aliphatic heterocycles. The van der Waals surface area contributed by atoms with Gasteiger partial charge in [0.15, 0.2) is 0 Å². The van der Waals surface area contributed by atoms with Gasteiger partial charge in [-0.15, -0.1) is 0 Å². The minimum atomic E-state index is -4.69. The molecule has 1 aliphatic carbocycles. The summed E-state index contributed by atoms with van der Waals surface area (Å²) in [6, 6.07) is 13.1. The van der Waals surface area contributed by atoms with Gasteiger partial charge in [-0.1, -0.05) is 50.2 Å². The summed E-state index contributed by atoms with van der Waals surface area (Å²) in [6.07, 6.45) is -2.75. The zero-order chi connectivity index (χ0) is 23.8. The van der Waals surface area contributed by atoms with Gasteiger partial charge in [0, 0.05) is 25.7 Å². The average molecular weight is 463 g/mol. The summed E-state index contributed by atoms with van der Waals surface area (Å²) in [4.78, 5) is 15.4. The predicted molar refractivity (Wildman–Crippen MR) is 119 cm³/mol. The maximum absolute atomic E-state index is 14.0. The number of likely N-dealkylation sites (tertiary alicyclic amines) is 1. The lowest BCUT2D eigenvalue weighted by Gasteiger charge is -2.26. The number of nitrogens with zero attached hydrogens (tertiary/aromatic N) is 1. The molecule has 1 saturated carbocycles. The van der Waals surface area contributed by atoms with E-state index in [0.717, 1.165) is 43.6 Å². The lowest BCUT2D eigenvalue weighted by Crippen LogP contribution is -2.43. The molecule has 0 bridgehead atoms. The van der Waals surface area contributed by atoms with Crippen LogP contribution in [0.25, 0.3) is 0 Å². The Balaban J connectivity index is 1.39. The van der Waals surface area contributed by atoms with E-state index in [-0.39, 0.29) is 23.8 Å². The molecule has 178 valence electrons. The van der Waals surface area contributed by atoms with Gasteiger partial charge in [-0.3, -0.25) is 9.69 Å². The second-order valence-electron chi connectivity index (χ2n) is 9.75. The lowest BCUT2D eigenvalue weighted by atomic mass is 9.87. The Morgan fingerprint density at radius 3 is 2.45 bits per heavy atom. The summed E-state index contributed by atoms with van der Waals surface area (Å²) >= 11 is 0. The van der Waals surface area contributed by atoms with Crippen LogP contribution in [0.5, 0.6) is 0 Å². The van der Waals surface area contributed by atoms with E-state index >= 15 is 0 Å². The van der Waals surface area contributed by atoms with Crippen LogP contribution in [-0.4, -0.2) is 29.9 Å². The summed E-state index contributed by atoms with van der Waals surface area (Å²) in [5, 5.41) is 3.30. The molecule has 2 aromatic rings. The maximum atomic E-state index is 14.0.